The first-order valence-corrected chi connectivity index (χ1v) is 11.2. The predicted octanol–water partition coefficient (Wildman–Crippen LogP) is 4.89. The number of para-hydroxylation sites is 2. The Labute approximate surface area is 194 Å². The van der Waals surface area contributed by atoms with E-state index in [0.29, 0.717) is 34.1 Å². The second-order valence-electron chi connectivity index (χ2n) is 6.85. The summed E-state index contributed by atoms with van der Waals surface area (Å²) in [6.45, 7) is 2.33. The van der Waals surface area contributed by atoms with Gasteiger partial charge in [-0.1, -0.05) is 53.7 Å². The molecular weight excluding hydrogens is 448 g/mol. The molecule has 2 heterocycles. The Morgan fingerprint density at radius 1 is 1.12 bits per heavy atom. The van der Waals surface area contributed by atoms with Crippen LogP contribution in [0.5, 0.6) is 5.75 Å². The molecule has 164 valence electrons. The van der Waals surface area contributed by atoms with E-state index < -0.39 is 5.25 Å². The van der Waals surface area contributed by atoms with Gasteiger partial charge in [-0.3, -0.25) is 9.36 Å². The highest BCUT2D eigenvalue weighted by molar-refractivity contribution is 8.00. The van der Waals surface area contributed by atoms with E-state index in [1.54, 1.807) is 24.5 Å². The minimum absolute atomic E-state index is 0.122. The maximum atomic E-state index is 12.6. The zero-order valence-electron chi connectivity index (χ0n) is 17.3. The number of hydrogen-bond acceptors (Lipinski definition) is 6. The van der Waals surface area contributed by atoms with E-state index in [2.05, 4.69) is 15.5 Å². The van der Waals surface area contributed by atoms with Crippen LogP contribution in [0.3, 0.4) is 0 Å². The zero-order chi connectivity index (χ0) is 22.3. The molecule has 0 aliphatic rings. The van der Waals surface area contributed by atoms with Crippen LogP contribution >= 0.6 is 23.4 Å². The van der Waals surface area contributed by atoms with Crippen LogP contribution in [-0.2, 0) is 17.9 Å². The van der Waals surface area contributed by atoms with Crippen molar-refractivity contribution in [3.05, 3.63) is 89.6 Å². The SMILES string of the molecule is CC(Sc1nnc(COc2ccccc2Cl)n1-c1ccccc1)C(=O)NCc1ccco1. The van der Waals surface area contributed by atoms with Crippen molar-refractivity contribution in [1.29, 1.82) is 0 Å². The standard InChI is InChI=1S/C23H21ClN4O3S/c1-16(22(29)25-14-18-10-7-13-30-18)32-23-27-26-21(28(23)17-8-3-2-4-9-17)15-31-20-12-6-5-11-19(20)24/h2-13,16H,14-15H2,1H3,(H,25,29). The molecule has 2 aromatic heterocycles. The van der Waals surface area contributed by atoms with Crippen LogP contribution in [-0.4, -0.2) is 25.9 Å². The molecule has 0 bridgehead atoms. The van der Waals surface area contributed by atoms with Gasteiger partial charge in [-0.2, -0.15) is 0 Å². The van der Waals surface area contributed by atoms with Crippen molar-refractivity contribution in [2.45, 2.75) is 30.5 Å². The smallest absolute Gasteiger partial charge is 0.233 e. The number of rotatable bonds is 9. The van der Waals surface area contributed by atoms with E-state index in [0.717, 1.165) is 5.69 Å². The molecule has 7 nitrogen and oxygen atoms in total. The Morgan fingerprint density at radius 3 is 2.66 bits per heavy atom. The van der Waals surface area contributed by atoms with Crippen molar-refractivity contribution >= 4 is 29.3 Å². The van der Waals surface area contributed by atoms with Gasteiger partial charge in [-0.25, -0.2) is 0 Å². The second kappa shape index (κ2) is 10.4. The van der Waals surface area contributed by atoms with Gasteiger partial charge < -0.3 is 14.5 Å². The highest BCUT2D eigenvalue weighted by atomic mass is 35.5. The van der Waals surface area contributed by atoms with Crippen LogP contribution < -0.4 is 10.1 Å². The molecule has 0 aliphatic carbocycles. The first kappa shape index (κ1) is 22.0. The third-order valence-electron chi connectivity index (χ3n) is 4.58. The summed E-state index contributed by atoms with van der Waals surface area (Å²) in [5, 5.41) is 12.2. The van der Waals surface area contributed by atoms with Gasteiger partial charge in [-0.15, -0.1) is 10.2 Å². The van der Waals surface area contributed by atoms with E-state index >= 15 is 0 Å². The van der Waals surface area contributed by atoms with Crippen LogP contribution in [0.2, 0.25) is 5.02 Å². The number of hydrogen-bond donors (Lipinski definition) is 1. The molecule has 0 saturated carbocycles. The fourth-order valence-electron chi connectivity index (χ4n) is 2.95. The van der Waals surface area contributed by atoms with Crippen molar-refractivity contribution < 1.29 is 13.9 Å². The Hall–Kier alpha value is -3.23. The maximum absolute atomic E-state index is 12.6. The van der Waals surface area contributed by atoms with Crippen molar-refractivity contribution in [1.82, 2.24) is 20.1 Å². The van der Waals surface area contributed by atoms with Gasteiger partial charge >= 0.3 is 0 Å². The average Bonchev–Trinajstić information content (AvgIpc) is 3.47. The third kappa shape index (κ3) is 5.33. The predicted molar refractivity (Wildman–Crippen MR) is 123 cm³/mol. The molecule has 2 aromatic carbocycles. The normalized spacial score (nSPS) is 11.8. The lowest BCUT2D eigenvalue weighted by molar-refractivity contribution is -0.120. The van der Waals surface area contributed by atoms with Crippen molar-refractivity contribution in [3.63, 3.8) is 0 Å². The Balaban J connectivity index is 1.51. The summed E-state index contributed by atoms with van der Waals surface area (Å²) in [6, 6.07) is 20.6. The van der Waals surface area contributed by atoms with Gasteiger partial charge in [0, 0.05) is 5.69 Å². The first-order valence-electron chi connectivity index (χ1n) is 9.95. The number of halogens is 1. The Morgan fingerprint density at radius 2 is 1.91 bits per heavy atom. The molecule has 0 fully saturated rings. The molecule has 0 aliphatic heterocycles. The molecule has 1 amide bonds. The molecular formula is C23H21ClN4O3S. The van der Waals surface area contributed by atoms with E-state index in [9.17, 15) is 4.79 Å². The molecule has 4 aromatic rings. The molecule has 32 heavy (non-hydrogen) atoms. The van der Waals surface area contributed by atoms with Crippen LogP contribution in [0.25, 0.3) is 5.69 Å². The number of amides is 1. The fourth-order valence-corrected chi connectivity index (χ4v) is 4.05. The molecule has 1 atom stereocenters. The summed E-state index contributed by atoms with van der Waals surface area (Å²) in [5.74, 6) is 1.74. The van der Waals surface area contributed by atoms with Crippen LogP contribution in [0.1, 0.15) is 18.5 Å². The number of ether oxygens (including phenoxy) is 1. The van der Waals surface area contributed by atoms with E-state index in [4.69, 9.17) is 20.8 Å². The number of benzene rings is 2. The summed E-state index contributed by atoms with van der Waals surface area (Å²) in [6.07, 6.45) is 1.58. The average molecular weight is 469 g/mol. The van der Waals surface area contributed by atoms with Crippen molar-refractivity contribution in [2.75, 3.05) is 0 Å². The number of furan rings is 1. The minimum Gasteiger partial charge on any atom is -0.484 e. The highest BCUT2D eigenvalue weighted by Gasteiger charge is 2.21. The van der Waals surface area contributed by atoms with Gasteiger partial charge in [0.2, 0.25) is 5.91 Å². The lowest BCUT2D eigenvalue weighted by atomic mass is 10.3. The van der Waals surface area contributed by atoms with Crippen molar-refractivity contribution in [2.24, 2.45) is 0 Å². The van der Waals surface area contributed by atoms with Gasteiger partial charge in [0.1, 0.15) is 18.1 Å². The summed E-state index contributed by atoms with van der Waals surface area (Å²) in [7, 11) is 0. The lowest BCUT2D eigenvalue weighted by Crippen LogP contribution is -2.30. The molecule has 1 N–H and O–H groups in total. The molecule has 0 saturated heterocycles. The van der Waals surface area contributed by atoms with Crippen LogP contribution in [0.15, 0.2) is 82.6 Å². The van der Waals surface area contributed by atoms with E-state index in [1.807, 2.05) is 60.0 Å². The van der Waals surface area contributed by atoms with E-state index in [1.165, 1.54) is 11.8 Å². The lowest BCUT2D eigenvalue weighted by Gasteiger charge is -2.14. The quantitative estimate of drug-likeness (QED) is 0.352. The molecule has 9 heteroatoms. The van der Waals surface area contributed by atoms with Gasteiger partial charge in [-0.05, 0) is 43.3 Å². The molecule has 4 rings (SSSR count). The number of aromatic nitrogens is 3. The molecule has 1 unspecified atom stereocenters. The number of carbonyl (C=O) groups excluding carboxylic acids is 1. The number of nitrogens with zero attached hydrogens (tertiary/aromatic N) is 3. The number of nitrogens with one attached hydrogen (secondary N) is 1. The zero-order valence-corrected chi connectivity index (χ0v) is 18.8. The minimum atomic E-state index is -0.394. The van der Waals surface area contributed by atoms with Gasteiger partial charge in [0.15, 0.2) is 11.0 Å². The maximum Gasteiger partial charge on any atom is 0.233 e. The Bertz CT molecular complexity index is 1170. The molecule has 0 spiro atoms. The summed E-state index contributed by atoms with van der Waals surface area (Å²) in [4.78, 5) is 12.6. The fraction of sp³-hybridized carbons (Fsp3) is 0.174. The van der Waals surface area contributed by atoms with Crippen molar-refractivity contribution in [3.8, 4) is 11.4 Å². The molecule has 0 radical (unpaired) electrons. The topological polar surface area (TPSA) is 82.2 Å². The number of thioether (sulfide) groups is 1. The van der Waals surface area contributed by atoms with Crippen LogP contribution in [0.4, 0.5) is 0 Å². The van der Waals surface area contributed by atoms with Gasteiger partial charge in [0.25, 0.3) is 0 Å². The first-order chi connectivity index (χ1) is 15.6. The highest BCUT2D eigenvalue weighted by Crippen LogP contribution is 2.28. The van der Waals surface area contributed by atoms with Gasteiger partial charge in [0.05, 0.1) is 23.1 Å². The third-order valence-corrected chi connectivity index (χ3v) is 5.93. The monoisotopic (exact) mass is 468 g/mol. The Kier molecular flexibility index (Phi) is 7.14. The van der Waals surface area contributed by atoms with Crippen LogP contribution in [0, 0.1) is 0 Å². The summed E-state index contributed by atoms with van der Waals surface area (Å²) >= 11 is 7.52. The van der Waals surface area contributed by atoms with E-state index in [-0.39, 0.29) is 12.5 Å². The summed E-state index contributed by atoms with van der Waals surface area (Å²) < 4.78 is 13.0. The number of carbonyl (C=O) groups is 1. The largest absolute Gasteiger partial charge is 0.484 e. The second-order valence-corrected chi connectivity index (χ2v) is 8.56. The summed E-state index contributed by atoms with van der Waals surface area (Å²) in [5.41, 5.74) is 0.876.